The summed E-state index contributed by atoms with van der Waals surface area (Å²) < 4.78 is 38.1. The second-order valence-corrected chi connectivity index (χ2v) is 4.40. The van der Waals surface area contributed by atoms with E-state index in [4.69, 9.17) is 0 Å². The van der Waals surface area contributed by atoms with Crippen molar-refractivity contribution >= 4 is 10.9 Å². The molecule has 1 aromatic heterocycles. The van der Waals surface area contributed by atoms with Crippen molar-refractivity contribution < 1.29 is 13.2 Å². The molecule has 6 heteroatoms. The first-order chi connectivity index (χ1) is 8.82. The van der Waals surface area contributed by atoms with Crippen LogP contribution in [0.4, 0.5) is 13.2 Å². The Hall–Kier alpha value is -1.69. The summed E-state index contributed by atoms with van der Waals surface area (Å²) in [4.78, 5) is 8.40. The number of benzene rings is 1. The van der Waals surface area contributed by atoms with Crippen LogP contribution >= 0.6 is 0 Å². The Bertz CT molecular complexity index is 608. The Morgan fingerprint density at radius 3 is 2.47 bits per heavy atom. The molecule has 0 bridgehead atoms. The molecule has 2 aromatic rings. The van der Waals surface area contributed by atoms with Crippen molar-refractivity contribution in [3.8, 4) is 0 Å². The molecule has 0 aliphatic heterocycles. The van der Waals surface area contributed by atoms with E-state index in [9.17, 15) is 13.2 Å². The molecule has 1 atom stereocenters. The minimum Gasteiger partial charge on any atom is -0.312 e. The Kier molecular flexibility index (Phi) is 3.45. The summed E-state index contributed by atoms with van der Waals surface area (Å²) in [7, 11) is 1.78. The van der Waals surface area contributed by atoms with Crippen molar-refractivity contribution in [2.75, 3.05) is 7.05 Å². The molecule has 0 aliphatic carbocycles. The number of fused-ring (bicyclic) bond motifs is 1. The largest absolute Gasteiger partial charge is 0.416 e. The van der Waals surface area contributed by atoms with Gasteiger partial charge in [0.2, 0.25) is 0 Å². The Labute approximate surface area is 108 Å². The van der Waals surface area contributed by atoms with Gasteiger partial charge in [0.1, 0.15) is 5.82 Å². The van der Waals surface area contributed by atoms with Gasteiger partial charge >= 0.3 is 6.18 Å². The van der Waals surface area contributed by atoms with Crippen LogP contribution < -0.4 is 5.32 Å². The molecule has 1 heterocycles. The molecule has 0 saturated carbocycles. The SMILES string of the molecule is CNC(C)c1nc(C)nc2cc(C(F)(F)F)ccc12. The van der Waals surface area contributed by atoms with Crippen LogP contribution in [-0.4, -0.2) is 17.0 Å². The maximum Gasteiger partial charge on any atom is 0.416 e. The minimum atomic E-state index is -4.36. The first-order valence-corrected chi connectivity index (χ1v) is 5.85. The molecule has 0 aliphatic rings. The fourth-order valence-corrected chi connectivity index (χ4v) is 1.92. The van der Waals surface area contributed by atoms with Gasteiger partial charge in [0.05, 0.1) is 16.8 Å². The van der Waals surface area contributed by atoms with E-state index in [-0.39, 0.29) is 6.04 Å². The number of hydrogen-bond donors (Lipinski definition) is 1. The Morgan fingerprint density at radius 1 is 1.21 bits per heavy atom. The topological polar surface area (TPSA) is 37.8 Å². The quantitative estimate of drug-likeness (QED) is 0.909. The van der Waals surface area contributed by atoms with Crippen LogP contribution in [0.5, 0.6) is 0 Å². The summed E-state index contributed by atoms with van der Waals surface area (Å²) in [5, 5.41) is 3.67. The molecule has 2 rings (SSSR count). The van der Waals surface area contributed by atoms with Crippen LogP contribution in [0.2, 0.25) is 0 Å². The van der Waals surface area contributed by atoms with Crippen LogP contribution in [0.15, 0.2) is 18.2 Å². The summed E-state index contributed by atoms with van der Waals surface area (Å²) in [5.74, 6) is 0.462. The van der Waals surface area contributed by atoms with Crippen molar-refractivity contribution in [2.24, 2.45) is 0 Å². The Balaban J connectivity index is 2.68. The van der Waals surface area contributed by atoms with Gasteiger partial charge in [-0.1, -0.05) is 6.07 Å². The molecule has 1 unspecified atom stereocenters. The van der Waals surface area contributed by atoms with Crippen molar-refractivity contribution in [1.82, 2.24) is 15.3 Å². The molecular formula is C13H14F3N3. The number of halogens is 3. The summed E-state index contributed by atoms with van der Waals surface area (Å²) >= 11 is 0. The van der Waals surface area contributed by atoms with Crippen LogP contribution in [0.25, 0.3) is 10.9 Å². The number of nitrogens with one attached hydrogen (secondary N) is 1. The van der Waals surface area contributed by atoms with E-state index >= 15 is 0 Å². The average molecular weight is 269 g/mol. The maximum absolute atomic E-state index is 12.7. The fourth-order valence-electron chi connectivity index (χ4n) is 1.92. The average Bonchev–Trinajstić information content (AvgIpc) is 2.34. The number of nitrogens with zero attached hydrogens (tertiary/aromatic N) is 2. The Morgan fingerprint density at radius 2 is 1.89 bits per heavy atom. The van der Waals surface area contributed by atoms with Gasteiger partial charge in [0.25, 0.3) is 0 Å². The van der Waals surface area contributed by atoms with Gasteiger partial charge < -0.3 is 5.32 Å². The smallest absolute Gasteiger partial charge is 0.312 e. The standard InChI is InChI=1S/C13H14F3N3/c1-7(17-3)12-10-5-4-9(13(14,15)16)6-11(10)18-8(2)19-12/h4-7,17H,1-3H3. The van der Waals surface area contributed by atoms with Gasteiger partial charge in [-0.15, -0.1) is 0 Å². The monoisotopic (exact) mass is 269 g/mol. The van der Waals surface area contributed by atoms with E-state index in [2.05, 4.69) is 15.3 Å². The van der Waals surface area contributed by atoms with Crippen molar-refractivity contribution in [3.05, 3.63) is 35.3 Å². The third-order valence-electron chi connectivity index (χ3n) is 3.01. The lowest BCUT2D eigenvalue weighted by atomic mass is 10.1. The van der Waals surface area contributed by atoms with Gasteiger partial charge in [0.15, 0.2) is 0 Å². The van der Waals surface area contributed by atoms with E-state index < -0.39 is 11.7 Å². The second-order valence-electron chi connectivity index (χ2n) is 4.40. The van der Waals surface area contributed by atoms with Crippen LogP contribution in [0.3, 0.4) is 0 Å². The third-order valence-corrected chi connectivity index (χ3v) is 3.01. The van der Waals surface area contributed by atoms with Gasteiger partial charge in [-0.2, -0.15) is 13.2 Å². The number of alkyl halides is 3. The molecule has 0 spiro atoms. The molecule has 3 nitrogen and oxygen atoms in total. The van der Waals surface area contributed by atoms with Crippen molar-refractivity contribution in [3.63, 3.8) is 0 Å². The van der Waals surface area contributed by atoms with Crippen molar-refractivity contribution in [2.45, 2.75) is 26.1 Å². The first-order valence-electron chi connectivity index (χ1n) is 5.85. The van der Waals surface area contributed by atoms with Gasteiger partial charge in [0, 0.05) is 11.4 Å². The zero-order valence-electron chi connectivity index (χ0n) is 10.8. The van der Waals surface area contributed by atoms with Gasteiger partial charge in [-0.3, -0.25) is 0 Å². The fraction of sp³-hybridized carbons (Fsp3) is 0.385. The molecule has 1 N–H and O–H groups in total. The maximum atomic E-state index is 12.7. The number of aryl methyl sites for hydroxylation is 1. The first kappa shape index (κ1) is 13.7. The predicted molar refractivity (Wildman–Crippen MR) is 66.8 cm³/mol. The highest BCUT2D eigenvalue weighted by Crippen LogP contribution is 2.32. The summed E-state index contributed by atoms with van der Waals surface area (Å²) in [6.07, 6.45) is -4.36. The lowest BCUT2D eigenvalue weighted by Crippen LogP contribution is -2.15. The van der Waals surface area contributed by atoms with E-state index in [0.29, 0.717) is 22.4 Å². The molecule has 0 radical (unpaired) electrons. The zero-order chi connectivity index (χ0) is 14.2. The number of hydrogen-bond acceptors (Lipinski definition) is 3. The van der Waals surface area contributed by atoms with Crippen LogP contribution in [-0.2, 0) is 6.18 Å². The zero-order valence-corrected chi connectivity index (χ0v) is 10.8. The van der Waals surface area contributed by atoms with Crippen LogP contribution in [0, 0.1) is 6.92 Å². The van der Waals surface area contributed by atoms with Crippen molar-refractivity contribution in [1.29, 1.82) is 0 Å². The molecule has 0 saturated heterocycles. The van der Waals surface area contributed by atoms with E-state index in [1.54, 1.807) is 14.0 Å². The van der Waals surface area contributed by atoms with Gasteiger partial charge in [-0.25, -0.2) is 9.97 Å². The molecule has 19 heavy (non-hydrogen) atoms. The molecule has 0 fully saturated rings. The summed E-state index contributed by atoms with van der Waals surface area (Å²) in [6, 6.07) is 3.50. The van der Waals surface area contributed by atoms with E-state index in [1.807, 2.05) is 6.92 Å². The van der Waals surface area contributed by atoms with E-state index in [0.717, 1.165) is 12.1 Å². The lowest BCUT2D eigenvalue weighted by molar-refractivity contribution is -0.137. The third kappa shape index (κ3) is 2.68. The predicted octanol–water partition coefficient (Wildman–Crippen LogP) is 3.24. The summed E-state index contributed by atoms with van der Waals surface area (Å²) in [6.45, 7) is 3.57. The van der Waals surface area contributed by atoms with E-state index in [1.165, 1.54) is 6.07 Å². The molecule has 102 valence electrons. The number of rotatable bonds is 2. The van der Waals surface area contributed by atoms with Crippen LogP contribution in [0.1, 0.15) is 30.0 Å². The number of aromatic nitrogens is 2. The highest BCUT2D eigenvalue weighted by Gasteiger charge is 2.30. The highest BCUT2D eigenvalue weighted by atomic mass is 19.4. The normalized spacial score (nSPS) is 13.8. The molecule has 0 amide bonds. The second kappa shape index (κ2) is 4.77. The lowest BCUT2D eigenvalue weighted by Gasteiger charge is -2.14. The molecular weight excluding hydrogens is 255 g/mol. The summed E-state index contributed by atoms with van der Waals surface area (Å²) in [5.41, 5.74) is 0.333. The van der Waals surface area contributed by atoms with Gasteiger partial charge in [-0.05, 0) is 33.0 Å². The molecule has 1 aromatic carbocycles. The minimum absolute atomic E-state index is 0.0547. The highest BCUT2D eigenvalue weighted by molar-refractivity contribution is 5.82.